The van der Waals surface area contributed by atoms with Crippen LogP contribution in [0.4, 0.5) is 0 Å². The minimum Gasteiger partial charge on any atom is -0.327 e. The standard InChI is InChI=1S/C15H17N5OS2/c1-3-20-14(4-11(2)18-20)15(21)19(7-12-5-16-9-22-12)8-13-6-17-10-23-13/h4-6,9-10H,3,7-8H2,1-2H3. The Kier molecular flexibility index (Phi) is 4.82. The summed E-state index contributed by atoms with van der Waals surface area (Å²) in [4.78, 5) is 25.2. The monoisotopic (exact) mass is 347 g/mol. The van der Waals surface area contributed by atoms with E-state index < -0.39 is 0 Å². The Hall–Kier alpha value is -2.06. The predicted molar refractivity (Wildman–Crippen MR) is 90.4 cm³/mol. The van der Waals surface area contributed by atoms with E-state index in [2.05, 4.69) is 15.1 Å². The highest BCUT2D eigenvalue weighted by atomic mass is 32.1. The van der Waals surface area contributed by atoms with Gasteiger partial charge >= 0.3 is 0 Å². The molecule has 0 spiro atoms. The lowest BCUT2D eigenvalue weighted by Crippen LogP contribution is -2.31. The van der Waals surface area contributed by atoms with Crippen LogP contribution in [0.5, 0.6) is 0 Å². The number of carbonyl (C=O) groups excluding carboxylic acids is 1. The molecule has 0 unspecified atom stereocenters. The highest BCUT2D eigenvalue weighted by Gasteiger charge is 2.22. The van der Waals surface area contributed by atoms with Crippen molar-refractivity contribution in [2.75, 3.05) is 0 Å². The van der Waals surface area contributed by atoms with E-state index in [0.29, 0.717) is 25.3 Å². The Morgan fingerprint density at radius 1 is 1.17 bits per heavy atom. The summed E-state index contributed by atoms with van der Waals surface area (Å²) >= 11 is 3.10. The van der Waals surface area contributed by atoms with Gasteiger partial charge in [-0.2, -0.15) is 5.10 Å². The van der Waals surface area contributed by atoms with E-state index in [1.165, 1.54) is 0 Å². The van der Waals surface area contributed by atoms with Gasteiger partial charge in [-0.05, 0) is 19.9 Å². The summed E-state index contributed by atoms with van der Waals surface area (Å²) in [5, 5.41) is 4.38. The van der Waals surface area contributed by atoms with Crippen molar-refractivity contribution >= 4 is 28.6 Å². The number of hydrogen-bond donors (Lipinski definition) is 0. The van der Waals surface area contributed by atoms with Crippen LogP contribution in [0.25, 0.3) is 0 Å². The number of carbonyl (C=O) groups is 1. The molecule has 3 heterocycles. The first-order valence-corrected chi connectivity index (χ1v) is 9.01. The molecule has 0 aliphatic carbocycles. The van der Waals surface area contributed by atoms with E-state index in [1.807, 2.05) is 24.8 Å². The molecular weight excluding hydrogens is 330 g/mol. The molecule has 0 aliphatic heterocycles. The van der Waals surface area contributed by atoms with Gasteiger partial charge in [-0.3, -0.25) is 19.4 Å². The number of aromatic nitrogens is 4. The summed E-state index contributed by atoms with van der Waals surface area (Å²) in [6, 6.07) is 1.85. The van der Waals surface area contributed by atoms with Crippen molar-refractivity contribution in [2.45, 2.75) is 33.5 Å². The van der Waals surface area contributed by atoms with Crippen molar-refractivity contribution in [1.29, 1.82) is 0 Å². The normalized spacial score (nSPS) is 10.9. The topological polar surface area (TPSA) is 63.9 Å². The summed E-state index contributed by atoms with van der Waals surface area (Å²) in [6.45, 7) is 5.63. The van der Waals surface area contributed by atoms with Gasteiger partial charge < -0.3 is 4.90 Å². The zero-order chi connectivity index (χ0) is 16.2. The molecule has 0 fully saturated rings. The third-order valence-electron chi connectivity index (χ3n) is 3.37. The van der Waals surface area contributed by atoms with Gasteiger partial charge in [0.25, 0.3) is 5.91 Å². The number of hydrogen-bond acceptors (Lipinski definition) is 6. The minimum atomic E-state index is -0.0192. The highest BCUT2D eigenvalue weighted by Crippen LogP contribution is 2.18. The summed E-state index contributed by atoms with van der Waals surface area (Å²) in [5.41, 5.74) is 5.04. The number of aryl methyl sites for hydroxylation is 2. The van der Waals surface area contributed by atoms with Crippen LogP contribution >= 0.6 is 22.7 Å². The van der Waals surface area contributed by atoms with Gasteiger partial charge in [0, 0.05) is 28.7 Å². The van der Waals surface area contributed by atoms with E-state index in [1.54, 1.807) is 50.8 Å². The van der Waals surface area contributed by atoms with Gasteiger partial charge in [0.1, 0.15) is 5.69 Å². The molecule has 0 bridgehead atoms. The average Bonchev–Trinajstić information content (AvgIpc) is 3.27. The average molecular weight is 347 g/mol. The van der Waals surface area contributed by atoms with Crippen LogP contribution in [0, 0.1) is 6.92 Å². The fourth-order valence-corrected chi connectivity index (χ4v) is 3.56. The zero-order valence-electron chi connectivity index (χ0n) is 13.0. The van der Waals surface area contributed by atoms with Crippen molar-refractivity contribution < 1.29 is 4.79 Å². The molecule has 0 atom stereocenters. The second-order valence-electron chi connectivity index (χ2n) is 5.08. The highest BCUT2D eigenvalue weighted by molar-refractivity contribution is 7.09. The number of amides is 1. The van der Waals surface area contributed by atoms with Gasteiger partial charge in [-0.15, -0.1) is 22.7 Å². The molecule has 0 saturated heterocycles. The molecule has 0 aromatic carbocycles. The van der Waals surface area contributed by atoms with Crippen LogP contribution in [0.3, 0.4) is 0 Å². The molecule has 0 radical (unpaired) electrons. The molecule has 8 heteroatoms. The molecule has 1 amide bonds. The van der Waals surface area contributed by atoms with E-state index in [-0.39, 0.29) is 5.91 Å². The Balaban J connectivity index is 1.88. The van der Waals surface area contributed by atoms with Crippen molar-refractivity contribution in [3.63, 3.8) is 0 Å². The first-order valence-electron chi connectivity index (χ1n) is 7.25. The van der Waals surface area contributed by atoms with Crippen molar-refractivity contribution in [2.24, 2.45) is 0 Å². The lowest BCUT2D eigenvalue weighted by Gasteiger charge is -2.21. The Labute approximate surface area is 142 Å². The number of nitrogens with zero attached hydrogens (tertiary/aromatic N) is 5. The van der Waals surface area contributed by atoms with Crippen LogP contribution in [0.15, 0.2) is 29.5 Å². The maximum Gasteiger partial charge on any atom is 0.272 e. The lowest BCUT2D eigenvalue weighted by atomic mass is 10.3. The zero-order valence-corrected chi connectivity index (χ0v) is 14.6. The first kappa shape index (κ1) is 15.8. The van der Waals surface area contributed by atoms with Crippen molar-refractivity contribution in [3.05, 3.63) is 50.6 Å². The molecule has 6 nitrogen and oxygen atoms in total. The maximum atomic E-state index is 13.0. The molecule has 120 valence electrons. The van der Waals surface area contributed by atoms with Gasteiger partial charge in [-0.1, -0.05) is 0 Å². The Morgan fingerprint density at radius 3 is 2.26 bits per heavy atom. The smallest absolute Gasteiger partial charge is 0.272 e. The summed E-state index contributed by atoms with van der Waals surface area (Å²) < 4.78 is 1.75. The van der Waals surface area contributed by atoms with Crippen molar-refractivity contribution in [3.8, 4) is 0 Å². The summed E-state index contributed by atoms with van der Waals surface area (Å²) in [7, 11) is 0. The van der Waals surface area contributed by atoms with E-state index in [4.69, 9.17) is 0 Å². The maximum absolute atomic E-state index is 13.0. The third-order valence-corrected chi connectivity index (χ3v) is 4.90. The van der Waals surface area contributed by atoms with Gasteiger partial charge in [0.2, 0.25) is 0 Å². The van der Waals surface area contributed by atoms with Crippen LogP contribution < -0.4 is 0 Å². The number of rotatable bonds is 6. The molecule has 3 aromatic heterocycles. The van der Waals surface area contributed by atoms with Gasteiger partial charge in [-0.25, -0.2) is 0 Å². The van der Waals surface area contributed by atoms with E-state index in [9.17, 15) is 4.79 Å². The van der Waals surface area contributed by atoms with Gasteiger partial charge in [0.15, 0.2) is 0 Å². The molecular formula is C15H17N5OS2. The third kappa shape index (κ3) is 3.65. The molecule has 3 aromatic rings. The minimum absolute atomic E-state index is 0.0192. The van der Waals surface area contributed by atoms with Crippen LogP contribution in [-0.4, -0.2) is 30.6 Å². The van der Waals surface area contributed by atoms with Crippen LogP contribution in [0.2, 0.25) is 0 Å². The van der Waals surface area contributed by atoms with Gasteiger partial charge in [0.05, 0.1) is 29.8 Å². The Morgan fingerprint density at radius 2 is 1.78 bits per heavy atom. The van der Waals surface area contributed by atoms with Crippen molar-refractivity contribution in [1.82, 2.24) is 24.6 Å². The molecule has 3 rings (SSSR count). The van der Waals surface area contributed by atoms with E-state index in [0.717, 1.165) is 15.4 Å². The fourth-order valence-electron chi connectivity index (χ4n) is 2.34. The summed E-state index contributed by atoms with van der Waals surface area (Å²) in [5.74, 6) is -0.0192. The quantitative estimate of drug-likeness (QED) is 0.688. The van der Waals surface area contributed by atoms with Crippen LogP contribution in [-0.2, 0) is 19.6 Å². The predicted octanol–water partition coefficient (Wildman–Crippen LogP) is 2.97. The summed E-state index contributed by atoms with van der Waals surface area (Å²) in [6.07, 6.45) is 3.61. The second kappa shape index (κ2) is 7.01. The molecule has 23 heavy (non-hydrogen) atoms. The first-order chi connectivity index (χ1) is 11.2. The molecule has 0 aliphatic rings. The van der Waals surface area contributed by atoms with Crippen LogP contribution in [0.1, 0.15) is 32.9 Å². The number of thiazole rings is 2. The largest absolute Gasteiger partial charge is 0.327 e. The Bertz CT molecular complexity index is 728. The molecule has 0 saturated carbocycles. The lowest BCUT2D eigenvalue weighted by molar-refractivity contribution is 0.0720. The SMILES string of the molecule is CCn1nc(C)cc1C(=O)N(Cc1cncs1)Cc1cncs1. The fraction of sp³-hybridized carbons (Fsp3) is 0.333. The molecule has 0 N–H and O–H groups in total. The van der Waals surface area contributed by atoms with E-state index >= 15 is 0 Å². The second-order valence-corrected chi connectivity index (χ2v) is 7.03.